The van der Waals surface area contributed by atoms with Crippen molar-refractivity contribution >= 4 is 15.9 Å². The number of aliphatic hydroxyl groups excluding tert-OH is 1. The molecule has 0 heterocycles. The Hall–Kier alpha value is -1.19. The van der Waals surface area contributed by atoms with Gasteiger partial charge in [0.05, 0.1) is 6.10 Å². The molecule has 0 radical (unpaired) electrons. The fraction of sp³-hybridized carbons (Fsp3) is 0.294. The monoisotopic (exact) mass is 336 g/mol. The van der Waals surface area contributed by atoms with Gasteiger partial charge in [0.2, 0.25) is 0 Å². The van der Waals surface area contributed by atoms with E-state index in [-0.39, 0.29) is 11.2 Å². The third-order valence-electron chi connectivity index (χ3n) is 3.78. The smallest absolute Gasteiger partial charge is 0.124 e. The molecule has 1 atom stereocenters. The van der Waals surface area contributed by atoms with Crippen LogP contribution in [0.3, 0.4) is 0 Å². The summed E-state index contributed by atoms with van der Waals surface area (Å²) in [4.78, 5) is 0. The summed E-state index contributed by atoms with van der Waals surface area (Å²) in [6.07, 6.45) is -0.0744. The van der Waals surface area contributed by atoms with Crippen LogP contribution in [0.4, 0.5) is 4.39 Å². The topological polar surface area (TPSA) is 20.2 Å². The molecule has 20 heavy (non-hydrogen) atoms. The number of benzene rings is 2. The largest absolute Gasteiger partial charge is 0.392 e. The maximum absolute atomic E-state index is 13.1. The molecule has 106 valence electrons. The molecule has 1 nitrogen and oxygen atoms in total. The number of hydrogen-bond acceptors (Lipinski definition) is 1. The highest BCUT2D eigenvalue weighted by molar-refractivity contribution is 9.10. The van der Waals surface area contributed by atoms with Gasteiger partial charge in [-0.05, 0) is 23.3 Å². The first-order valence-corrected chi connectivity index (χ1v) is 7.38. The zero-order chi connectivity index (χ0) is 14.8. The van der Waals surface area contributed by atoms with Crippen LogP contribution in [-0.2, 0) is 11.8 Å². The number of aliphatic hydroxyl groups is 1. The van der Waals surface area contributed by atoms with Gasteiger partial charge in [-0.2, -0.15) is 0 Å². The van der Waals surface area contributed by atoms with E-state index >= 15 is 0 Å². The van der Waals surface area contributed by atoms with Gasteiger partial charge in [0.1, 0.15) is 5.82 Å². The van der Waals surface area contributed by atoms with Crippen LogP contribution in [0.5, 0.6) is 0 Å². The quantitative estimate of drug-likeness (QED) is 0.873. The van der Waals surface area contributed by atoms with Crippen molar-refractivity contribution in [1.82, 2.24) is 0 Å². The summed E-state index contributed by atoms with van der Waals surface area (Å²) in [6, 6.07) is 14.5. The highest BCUT2D eigenvalue weighted by Crippen LogP contribution is 2.30. The Bertz CT molecular complexity index is 581. The van der Waals surface area contributed by atoms with E-state index in [1.807, 2.05) is 44.2 Å². The molecule has 0 aliphatic carbocycles. The van der Waals surface area contributed by atoms with Gasteiger partial charge in [-0.25, -0.2) is 4.39 Å². The lowest BCUT2D eigenvalue weighted by molar-refractivity contribution is 0.0998. The van der Waals surface area contributed by atoms with Gasteiger partial charge in [0.25, 0.3) is 0 Å². The summed E-state index contributed by atoms with van der Waals surface area (Å²) >= 11 is 3.35. The van der Waals surface area contributed by atoms with Gasteiger partial charge < -0.3 is 5.11 Å². The summed E-state index contributed by atoms with van der Waals surface area (Å²) < 4.78 is 13.8. The van der Waals surface area contributed by atoms with Crippen molar-refractivity contribution in [3.8, 4) is 0 Å². The minimum Gasteiger partial charge on any atom is -0.392 e. The first-order chi connectivity index (χ1) is 9.41. The van der Waals surface area contributed by atoms with Gasteiger partial charge >= 0.3 is 0 Å². The molecule has 0 bridgehead atoms. The van der Waals surface area contributed by atoms with Crippen LogP contribution >= 0.6 is 15.9 Å². The van der Waals surface area contributed by atoms with Gasteiger partial charge in [-0.3, -0.25) is 0 Å². The Morgan fingerprint density at radius 1 is 1.15 bits per heavy atom. The van der Waals surface area contributed by atoms with E-state index in [9.17, 15) is 9.50 Å². The molecule has 0 saturated heterocycles. The molecule has 1 N–H and O–H groups in total. The molecule has 2 aromatic carbocycles. The average Bonchev–Trinajstić information content (AvgIpc) is 2.42. The fourth-order valence-corrected chi connectivity index (χ4v) is 2.72. The lowest BCUT2D eigenvalue weighted by atomic mass is 9.77. The molecule has 0 fully saturated rings. The van der Waals surface area contributed by atoms with E-state index in [4.69, 9.17) is 0 Å². The van der Waals surface area contributed by atoms with E-state index in [1.54, 1.807) is 6.07 Å². The minimum atomic E-state index is -0.549. The normalized spacial score (nSPS) is 13.2. The maximum Gasteiger partial charge on any atom is 0.124 e. The van der Waals surface area contributed by atoms with Crippen molar-refractivity contribution in [2.75, 3.05) is 0 Å². The average molecular weight is 337 g/mol. The molecular formula is C17H18BrFO. The van der Waals surface area contributed by atoms with E-state index in [0.29, 0.717) is 10.9 Å². The van der Waals surface area contributed by atoms with Crippen molar-refractivity contribution in [2.24, 2.45) is 0 Å². The van der Waals surface area contributed by atoms with Crippen LogP contribution in [0.2, 0.25) is 0 Å². The molecule has 2 aromatic rings. The van der Waals surface area contributed by atoms with Gasteiger partial charge in [0, 0.05) is 16.3 Å². The summed E-state index contributed by atoms with van der Waals surface area (Å²) in [5, 5.41) is 10.6. The van der Waals surface area contributed by atoms with Crippen molar-refractivity contribution < 1.29 is 9.50 Å². The maximum atomic E-state index is 13.1. The molecule has 3 heteroatoms. The fourth-order valence-electron chi connectivity index (χ4n) is 2.21. The van der Waals surface area contributed by atoms with E-state index in [0.717, 1.165) is 11.1 Å². The molecule has 1 unspecified atom stereocenters. The van der Waals surface area contributed by atoms with Gasteiger partial charge in [-0.15, -0.1) is 0 Å². The van der Waals surface area contributed by atoms with E-state index in [1.165, 1.54) is 12.1 Å². The predicted molar refractivity (Wildman–Crippen MR) is 83.3 cm³/mol. The van der Waals surface area contributed by atoms with E-state index < -0.39 is 6.10 Å². The molecule has 0 aliphatic rings. The zero-order valence-electron chi connectivity index (χ0n) is 11.6. The Morgan fingerprint density at radius 2 is 1.80 bits per heavy atom. The Morgan fingerprint density at radius 3 is 2.40 bits per heavy atom. The second-order valence-corrected chi connectivity index (χ2v) is 6.40. The van der Waals surface area contributed by atoms with E-state index in [2.05, 4.69) is 15.9 Å². The molecular weight excluding hydrogens is 319 g/mol. The first kappa shape index (κ1) is 15.2. The number of hydrogen-bond donors (Lipinski definition) is 1. The third kappa shape index (κ3) is 3.28. The Balaban J connectivity index is 2.21. The molecule has 0 amide bonds. The zero-order valence-corrected chi connectivity index (χ0v) is 13.2. The number of rotatable bonds is 4. The number of halogens is 2. The lowest BCUT2D eigenvalue weighted by Gasteiger charge is -2.31. The summed E-state index contributed by atoms with van der Waals surface area (Å²) in [7, 11) is 0. The SMILES string of the molecule is CC(C)(c1ccccc1)C(O)Cc1ccc(F)cc1Br. The van der Waals surface area contributed by atoms with Crippen LogP contribution in [0.15, 0.2) is 53.0 Å². The molecule has 0 aliphatic heterocycles. The standard InChI is InChI=1S/C17H18BrFO/c1-17(2,13-6-4-3-5-7-13)16(20)10-12-8-9-14(19)11-15(12)18/h3-9,11,16,20H,10H2,1-2H3. The second kappa shape index (κ2) is 6.06. The van der Waals surface area contributed by atoms with Crippen molar-refractivity contribution in [2.45, 2.75) is 31.8 Å². The van der Waals surface area contributed by atoms with Crippen LogP contribution in [-0.4, -0.2) is 11.2 Å². The van der Waals surface area contributed by atoms with Crippen LogP contribution < -0.4 is 0 Å². The van der Waals surface area contributed by atoms with Gasteiger partial charge in [-0.1, -0.05) is 66.2 Å². The highest BCUT2D eigenvalue weighted by Gasteiger charge is 2.30. The second-order valence-electron chi connectivity index (χ2n) is 5.54. The van der Waals surface area contributed by atoms with Crippen molar-refractivity contribution in [3.05, 3.63) is 69.9 Å². The predicted octanol–water partition coefficient (Wildman–Crippen LogP) is 4.47. The first-order valence-electron chi connectivity index (χ1n) is 6.59. The van der Waals surface area contributed by atoms with Crippen LogP contribution in [0.25, 0.3) is 0 Å². The summed E-state index contributed by atoms with van der Waals surface area (Å²) in [5.41, 5.74) is 1.63. The lowest BCUT2D eigenvalue weighted by Crippen LogP contribution is -2.35. The molecule has 0 spiro atoms. The molecule has 0 aromatic heterocycles. The van der Waals surface area contributed by atoms with Crippen molar-refractivity contribution in [3.63, 3.8) is 0 Å². The van der Waals surface area contributed by atoms with Crippen molar-refractivity contribution in [1.29, 1.82) is 0 Å². The van der Waals surface area contributed by atoms with Gasteiger partial charge in [0.15, 0.2) is 0 Å². The van der Waals surface area contributed by atoms with Crippen LogP contribution in [0.1, 0.15) is 25.0 Å². The Kier molecular flexibility index (Phi) is 4.61. The summed E-state index contributed by atoms with van der Waals surface area (Å²) in [6.45, 7) is 4.04. The third-order valence-corrected chi connectivity index (χ3v) is 4.52. The molecule has 0 saturated carbocycles. The minimum absolute atomic E-state index is 0.280. The summed E-state index contributed by atoms with van der Waals surface area (Å²) in [5.74, 6) is -0.280. The molecule has 2 rings (SSSR count). The highest BCUT2D eigenvalue weighted by atomic mass is 79.9. The van der Waals surface area contributed by atoms with Crippen LogP contribution in [0, 0.1) is 5.82 Å². The Labute approximate surface area is 127 Å².